The van der Waals surface area contributed by atoms with Gasteiger partial charge in [-0.15, -0.1) is 0 Å². The van der Waals surface area contributed by atoms with Crippen LogP contribution in [-0.4, -0.2) is 0 Å². The summed E-state index contributed by atoms with van der Waals surface area (Å²) in [5, 5.41) is 0. The molecule has 0 heteroatoms. The summed E-state index contributed by atoms with van der Waals surface area (Å²) in [6, 6.07) is 0. The van der Waals surface area contributed by atoms with Crippen molar-refractivity contribution in [3.63, 3.8) is 0 Å². The molecule has 4 unspecified atom stereocenters. The monoisotopic (exact) mass is 122 g/mol. The molecule has 0 radical (unpaired) electrons. The smallest absolute Gasteiger partial charge is 0.0137 e. The van der Waals surface area contributed by atoms with Crippen molar-refractivity contribution in [2.75, 3.05) is 0 Å². The molecule has 0 aromatic heterocycles. The summed E-state index contributed by atoms with van der Waals surface area (Å²) in [4.78, 5) is 0. The van der Waals surface area contributed by atoms with Gasteiger partial charge in [0, 0.05) is 0 Å². The Morgan fingerprint density at radius 1 is 1.22 bits per heavy atom. The molecule has 0 amide bonds. The van der Waals surface area contributed by atoms with Crippen molar-refractivity contribution in [2.24, 2.45) is 23.7 Å². The van der Waals surface area contributed by atoms with E-state index in [1.165, 1.54) is 6.42 Å². The number of allylic oxidation sites excluding steroid dienone is 2. The maximum absolute atomic E-state index is 2.39. The first kappa shape index (κ1) is 5.52. The largest absolute Gasteiger partial charge is 0.0842 e. The van der Waals surface area contributed by atoms with Gasteiger partial charge in [0.2, 0.25) is 0 Å². The molecule has 0 bridgehead atoms. The van der Waals surface area contributed by atoms with Crippen LogP contribution in [0.3, 0.4) is 0 Å². The SMILES string of the molecule is CCC1C(C)C2C=CC21. The summed E-state index contributed by atoms with van der Waals surface area (Å²) >= 11 is 0. The van der Waals surface area contributed by atoms with Crippen molar-refractivity contribution < 1.29 is 0 Å². The minimum atomic E-state index is 0.981. The molecule has 0 aromatic rings. The standard InChI is InChI=1S/C9H14/c1-3-7-6(2)8-4-5-9(7)8/h4-9H,3H2,1-2H3. The first-order valence-electron chi connectivity index (χ1n) is 4.03. The fourth-order valence-electron chi connectivity index (χ4n) is 2.46. The van der Waals surface area contributed by atoms with Gasteiger partial charge in [-0.25, -0.2) is 0 Å². The van der Waals surface area contributed by atoms with E-state index in [1.54, 1.807) is 0 Å². The van der Waals surface area contributed by atoms with E-state index < -0.39 is 0 Å². The van der Waals surface area contributed by atoms with Gasteiger partial charge in [-0.1, -0.05) is 32.4 Å². The first-order chi connectivity index (χ1) is 4.34. The maximum atomic E-state index is 2.39. The van der Waals surface area contributed by atoms with Crippen LogP contribution < -0.4 is 0 Å². The first-order valence-corrected chi connectivity index (χ1v) is 4.03. The normalized spacial score (nSPS) is 53.6. The van der Waals surface area contributed by atoms with Crippen molar-refractivity contribution in [3.8, 4) is 0 Å². The number of hydrogen-bond acceptors (Lipinski definition) is 0. The lowest BCUT2D eigenvalue weighted by Gasteiger charge is -2.53. The molecule has 2 aliphatic carbocycles. The third kappa shape index (κ3) is 0.493. The van der Waals surface area contributed by atoms with E-state index in [4.69, 9.17) is 0 Å². The van der Waals surface area contributed by atoms with Crippen molar-refractivity contribution in [1.82, 2.24) is 0 Å². The van der Waals surface area contributed by atoms with Gasteiger partial charge in [0.25, 0.3) is 0 Å². The molecule has 1 fully saturated rings. The summed E-state index contributed by atoms with van der Waals surface area (Å²) in [5.41, 5.74) is 0. The molecule has 0 aromatic carbocycles. The van der Waals surface area contributed by atoms with Crippen LogP contribution in [0.1, 0.15) is 20.3 Å². The van der Waals surface area contributed by atoms with E-state index in [0.29, 0.717) is 0 Å². The third-order valence-electron chi connectivity index (χ3n) is 3.25. The number of rotatable bonds is 1. The Kier molecular flexibility index (Phi) is 0.992. The Hall–Kier alpha value is -0.260. The molecular weight excluding hydrogens is 108 g/mol. The second-order valence-electron chi connectivity index (χ2n) is 3.47. The Morgan fingerprint density at radius 2 is 1.89 bits per heavy atom. The summed E-state index contributed by atoms with van der Waals surface area (Å²) < 4.78 is 0. The predicted octanol–water partition coefficient (Wildman–Crippen LogP) is 2.46. The van der Waals surface area contributed by atoms with Crippen LogP contribution >= 0.6 is 0 Å². The number of fused-ring (bicyclic) bond motifs is 1. The molecule has 0 nitrogen and oxygen atoms in total. The predicted molar refractivity (Wildman–Crippen MR) is 39.1 cm³/mol. The molecule has 4 atom stereocenters. The quantitative estimate of drug-likeness (QED) is 0.469. The molecule has 0 N–H and O–H groups in total. The fourth-order valence-corrected chi connectivity index (χ4v) is 2.46. The van der Waals surface area contributed by atoms with E-state index in [2.05, 4.69) is 26.0 Å². The lowest BCUT2D eigenvalue weighted by Crippen LogP contribution is -2.47. The highest BCUT2D eigenvalue weighted by atomic mass is 14.5. The van der Waals surface area contributed by atoms with Crippen LogP contribution in [-0.2, 0) is 0 Å². The van der Waals surface area contributed by atoms with Gasteiger partial charge in [0.1, 0.15) is 0 Å². The van der Waals surface area contributed by atoms with Crippen LogP contribution in [0, 0.1) is 23.7 Å². The van der Waals surface area contributed by atoms with Gasteiger partial charge in [0.15, 0.2) is 0 Å². The van der Waals surface area contributed by atoms with Gasteiger partial charge < -0.3 is 0 Å². The third-order valence-corrected chi connectivity index (χ3v) is 3.25. The lowest BCUT2D eigenvalue weighted by molar-refractivity contribution is 0.0313. The Bertz CT molecular complexity index is 146. The van der Waals surface area contributed by atoms with E-state index in [9.17, 15) is 0 Å². The second-order valence-corrected chi connectivity index (χ2v) is 3.47. The molecule has 9 heavy (non-hydrogen) atoms. The van der Waals surface area contributed by atoms with Crippen molar-refractivity contribution in [2.45, 2.75) is 20.3 Å². The molecule has 50 valence electrons. The zero-order chi connectivity index (χ0) is 6.43. The lowest BCUT2D eigenvalue weighted by atomic mass is 9.51. The van der Waals surface area contributed by atoms with E-state index in [0.717, 1.165) is 23.7 Å². The average Bonchev–Trinajstić information content (AvgIpc) is 1.79. The van der Waals surface area contributed by atoms with E-state index in [-0.39, 0.29) is 0 Å². The van der Waals surface area contributed by atoms with Crippen LogP contribution in [0.25, 0.3) is 0 Å². The number of hydrogen-bond donors (Lipinski definition) is 0. The minimum Gasteiger partial charge on any atom is -0.0842 e. The van der Waals surface area contributed by atoms with Crippen LogP contribution in [0.2, 0.25) is 0 Å². The van der Waals surface area contributed by atoms with Gasteiger partial charge in [-0.2, -0.15) is 0 Å². The molecule has 0 aliphatic heterocycles. The van der Waals surface area contributed by atoms with Crippen molar-refractivity contribution in [1.29, 1.82) is 0 Å². The highest BCUT2D eigenvalue weighted by Gasteiger charge is 2.47. The zero-order valence-corrected chi connectivity index (χ0v) is 6.17. The minimum absolute atomic E-state index is 0.981. The summed E-state index contributed by atoms with van der Waals surface area (Å²) in [6.45, 7) is 4.70. The van der Waals surface area contributed by atoms with Gasteiger partial charge >= 0.3 is 0 Å². The molecule has 0 saturated heterocycles. The van der Waals surface area contributed by atoms with Crippen LogP contribution in [0.15, 0.2) is 12.2 Å². The molecule has 2 aliphatic rings. The van der Waals surface area contributed by atoms with Crippen molar-refractivity contribution >= 4 is 0 Å². The van der Waals surface area contributed by atoms with Gasteiger partial charge in [-0.05, 0) is 23.7 Å². The average molecular weight is 122 g/mol. The molecular formula is C9H14. The van der Waals surface area contributed by atoms with Gasteiger partial charge in [0.05, 0.1) is 0 Å². The summed E-state index contributed by atoms with van der Waals surface area (Å²) in [7, 11) is 0. The maximum Gasteiger partial charge on any atom is -0.0137 e. The topological polar surface area (TPSA) is 0 Å². The molecule has 0 heterocycles. The van der Waals surface area contributed by atoms with Crippen LogP contribution in [0.5, 0.6) is 0 Å². The highest BCUT2D eigenvalue weighted by molar-refractivity contribution is 5.20. The summed E-state index contributed by atoms with van der Waals surface area (Å²) in [5.74, 6) is 3.99. The molecule has 1 saturated carbocycles. The molecule has 2 rings (SSSR count). The second kappa shape index (κ2) is 1.62. The fraction of sp³-hybridized carbons (Fsp3) is 0.778. The highest BCUT2D eigenvalue weighted by Crippen LogP contribution is 2.54. The van der Waals surface area contributed by atoms with Crippen molar-refractivity contribution in [3.05, 3.63) is 12.2 Å². The Labute approximate surface area is 57.0 Å². The Morgan fingerprint density at radius 3 is 2.11 bits per heavy atom. The van der Waals surface area contributed by atoms with Crippen LogP contribution in [0.4, 0.5) is 0 Å². The van der Waals surface area contributed by atoms with Gasteiger partial charge in [-0.3, -0.25) is 0 Å². The zero-order valence-electron chi connectivity index (χ0n) is 6.17. The van der Waals surface area contributed by atoms with E-state index >= 15 is 0 Å². The Balaban J connectivity index is 2.06. The summed E-state index contributed by atoms with van der Waals surface area (Å²) in [6.07, 6.45) is 6.15. The molecule has 0 spiro atoms. The van der Waals surface area contributed by atoms with E-state index in [1.807, 2.05) is 0 Å².